The van der Waals surface area contributed by atoms with E-state index in [0.29, 0.717) is 13.2 Å². The molecule has 21 heavy (non-hydrogen) atoms. The molecule has 0 aromatic heterocycles. The highest BCUT2D eigenvalue weighted by Crippen LogP contribution is 2.28. The van der Waals surface area contributed by atoms with Crippen molar-refractivity contribution in [1.82, 2.24) is 0 Å². The molecule has 0 amide bonds. The van der Waals surface area contributed by atoms with Gasteiger partial charge in [-0.05, 0) is 0 Å². The molecule has 2 rings (SSSR count). The number of rotatable bonds is 3. The van der Waals surface area contributed by atoms with Crippen LogP contribution in [-0.4, -0.2) is 56.6 Å². The van der Waals surface area contributed by atoms with E-state index in [4.69, 9.17) is 18.9 Å². The Balaban J connectivity index is -0.0000000490. The Morgan fingerprint density at radius 1 is 0.857 bits per heavy atom. The van der Waals surface area contributed by atoms with Crippen LogP contribution in [0.1, 0.15) is 59.4 Å². The second-order valence-electron chi connectivity index (χ2n) is 3.27. The minimum Gasteiger partial charge on any atom is -0.388 e. The van der Waals surface area contributed by atoms with Crippen molar-refractivity contribution in [2.45, 2.75) is 83.8 Å². The van der Waals surface area contributed by atoms with Gasteiger partial charge in [-0.2, -0.15) is 0 Å². The smallest absolute Gasteiger partial charge is 0.146 e. The summed E-state index contributed by atoms with van der Waals surface area (Å²) in [4.78, 5) is 0. The lowest BCUT2D eigenvalue weighted by Gasteiger charge is -2.15. The summed E-state index contributed by atoms with van der Waals surface area (Å²) >= 11 is 0. The van der Waals surface area contributed by atoms with Gasteiger partial charge in [0.25, 0.3) is 0 Å². The molecule has 0 saturated carbocycles. The lowest BCUT2D eigenvalue weighted by molar-refractivity contribution is -0.106. The second kappa shape index (κ2) is 19.8. The summed E-state index contributed by atoms with van der Waals surface area (Å²) in [7, 11) is 1.57. The van der Waals surface area contributed by atoms with E-state index in [2.05, 4.69) is 0 Å². The molecule has 1 N–H and O–H groups in total. The van der Waals surface area contributed by atoms with E-state index in [0.717, 1.165) is 0 Å². The molecule has 2 heterocycles. The highest BCUT2D eigenvalue weighted by Gasteiger charge is 2.47. The largest absolute Gasteiger partial charge is 0.388 e. The van der Waals surface area contributed by atoms with Crippen LogP contribution in [0.25, 0.3) is 0 Å². The molecule has 0 unspecified atom stereocenters. The number of fused-ring (bicyclic) bond motifs is 1. The SMILES string of the molecule is C.C.C.C.C.C.C.C.COCO[C@@H]1CO[C@H]2[C@@H]1OC[C@@H]2O. The summed E-state index contributed by atoms with van der Waals surface area (Å²) in [5.74, 6) is 0. The monoisotopic (exact) mass is 318 g/mol. The number of ether oxygens (including phenoxy) is 4. The third-order valence-electron chi connectivity index (χ3n) is 2.38. The van der Waals surface area contributed by atoms with E-state index >= 15 is 0 Å². The summed E-state index contributed by atoms with van der Waals surface area (Å²) in [6, 6.07) is 0. The van der Waals surface area contributed by atoms with Gasteiger partial charge in [-0.1, -0.05) is 59.4 Å². The summed E-state index contributed by atoms with van der Waals surface area (Å²) in [6.07, 6.45) is -0.977. The Morgan fingerprint density at radius 3 is 1.81 bits per heavy atom. The fourth-order valence-electron chi connectivity index (χ4n) is 1.74. The van der Waals surface area contributed by atoms with Gasteiger partial charge in [0, 0.05) is 7.11 Å². The lowest BCUT2D eigenvalue weighted by atomic mass is 10.1. The van der Waals surface area contributed by atoms with Crippen molar-refractivity contribution < 1.29 is 24.1 Å². The van der Waals surface area contributed by atoms with Crippen LogP contribution in [0.3, 0.4) is 0 Å². The fourth-order valence-corrected chi connectivity index (χ4v) is 1.74. The summed E-state index contributed by atoms with van der Waals surface area (Å²) in [6.45, 7) is 1.04. The van der Waals surface area contributed by atoms with Crippen LogP contribution in [0.5, 0.6) is 0 Å². The van der Waals surface area contributed by atoms with Crippen LogP contribution in [0.2, 0.25) is 0 Å². The van der Waals surface area contributed by atoms with E-state index in [-0.39, 0.29) is 84.5 Å². The zero-order valence-electron chi connectivity index (χ0n) is 7.51. The molecule has 2 aliphatic rings. The second-order valence-corrected chi connectivity index (χ2v) is 3.27. The predicted octanol–water partition coefficient (Wildman–Crippen LogP) is 4.22. The molecule has 2 saturated heterocycles. The van der Waals surface area contributed by atoms with Crippen molar-refractivity contribution >= 4 is 0 Å². The van der Waals surface area contributed by atoms with Crippen molar-refractivity contribution in [3.8, 4) is 0 Å². The highest BCUT2D eigenvalue weighted by molar-refractivity contribution is 4.94. The van der Waals surface area contributed by atoms with Crippen LogP contribution in [0.4, 0.5) is 0 Å². The zero-order valence-corrected chi connectivity index (χ0v) is 7.51. The van der Waals surface area contributed by atoms with Gasteiger partial charge in [0.05, 0.1) is 13.2 Å². The minimum absolute atomic E-state index is 0. The van der Waals surface area contributed by atoms with E-state index in [9.17, 15) is 5.11 Å². The standard InChI is InChI=1S/C8H14O5.8CH4/c1-10-4-13-6-3-12-7-5(9)2-11-8(6)7;;;;;;;;/h5-9H,2-4H2,1H3;8*1H4/t5-,6+,7+,8+;;;;;;;;/m0......../s1. The van der Waals surface area contributed by atoms with Gasteiger partial charge in [0.1, 0.15) is 31.2 Å². The Bertz CT molecular complexity index is 178. The van der Waals surface area contributed by atoms with Crippen LogP contribution in [-0.2, 0) is 18.9 Å². The maximum Gasteiger partial charge on any atom is 0.146 e. The van der Waals surface area contributed by atoms with Gasteiger partial charge in [-0.25, -0.2) is 0 Å². The Morgan fingerprint density at radius 2 is 1.33 bits per heavy atom. The van der Waals surface area contributed by atoms with Crippen LogP contribution in [0, 0.1) is 0 Å². The maximum absolute atomic E-state index is 9.41. The maximum atomic E-state index is 9.41. The lowest BCUT2D eigenvalue weighted by Crippen LogP contribution is -2.33. The van der Waals surface area contributed by atoms with Crippen LogP contribution in [0.15, 0.2) is 0 Å². The molecular formula is C16H46O5. The summed E-state index contributed by atoms with van der Waals surface area (Å²) < 4.78 is 20.8. The number of methoxy groups -OCH3 is 1. The average molecular weight is 319 g/mol. The van der Waals surface area contributed by atoms with Crippen molar-refractivity contribution in [2.24, 2.45) is 0 Å². The Hall–Kier alpha value is -0.200. The van der Waals surface area contributed by atoms with E-state index < -0.39 is 6.10 Å². The molecule has 2 aliphatic heterocycles. The molecule has 5 nitrogen and oxygen atoms in total. The predicted molar refractivity (Wildman–Crippen MR) is 96.1 cm³/mol. The average Bonchev–Trinajstić information content (AvgIpc) is 2.67. The number of aliphatic hydroxyl groups is 1. The quantitative estimate of drug-likeness (QED) is 0.789. The third kappa shape index (κ3) is 9.42. The van der Waals surface area contributed by atoms with Gasteiger partial charge in [-0.15, -0.1) is 0 Å². The molecule has 0 aliphatic carbocycles. The van der Waals surface area contributed by atoms with Gasteiger partial charge in [-0.3, -0.25) is 0 Å². The first-order chi connectivity index (χ1) is 6.33. The van der Waals surface area contributed by atoms with E-state index in [1.807, 2.05) is 0 Å². The van der Waals surface area contributed by atoms with Crippen LogP contribution >= 0.6 is 0 Å². The van der Waals surface area contributed by atoms with Gasteiger partial charge >= 0.3 is 0 Å². The van der Waals surface area contributed by atoms with Gasteiger partial charge < -0.3 is 24.1 Å². The fraction of sp³-hybridized carbons (Fsp3) is 1.00. The van der Waals surface area contributed by atoms with Crippen molar-refractivity contribution in [3.05, 3.63) is 0 Å². The molecule has 0 spiro atoms. The first-order valence-electron chi connectivity index (χ1n) is 4.34. The molecule has 0 bridgehead atoms. The van der Waals surface area contributed by atoms with Gasteiger partial charge in [0.2, 0.25) is 0 Å². The number of aliphatic hydroxyl groups excluding tert-OH is 1. The molecule has 4 atom stereocenters. The molecule has 5 heteroatoms. The van der Waals surface area contributed by atoms with Crippen molar-refractivity contribution in [3.63, 3.8) is 0 Å². The minimum atomic E-state index is -0.513. The van der Waals surface area contributed by atoms with E-state index in [1.54, 1.807) is 7.11 Å². The van der Waals surface area contributed by atoms with Gasteiger partial charge in [0.15, 0.2) is 0 Å². The number of hydrogen-bond acceptors (Lipinski definition) is 5. The molecular weight excluding hydrogens is 272 g/mol. The highest BCUT2D eigenvalue weighted by atomic mass is 16.7. The van der Waals surface area contributed by atoms with Crippen LogP contribution < -0.4 is 0 Å². The summed E-state index contributed by atoms with van der Waals surface area (Å²) in [5.41, 5.74) is 0. The molecule has 140 valence electrons. The molecule has 0 radical (unpaired) electrons. The normalized spacial score (nSPS) is 27.1. The van der Waals surface area contributed by atoms with Crippen molar-refractivity contribution in [2.75, 3.05) is 27.1 Å². The van der Waals surface area contributed by atoms with Crippen molar-refractivity contribution in [1.29, 1.82) is 0 Å². The molecule has 0 aromatic rings. The number of hydrogen-bond donors (Lipinski definition) is 1. The van der Waals surface area contributed by atoms with E-state index in [1.165, 1.54) is 0 Å². The molecule has 0 aromatic carbocycles. The topological polar surface area (TPSA) is 57.2 Å². The Labute approximate surface area is 135 Å². The third-order valence-corrected chi connectivity index (χ3v) is 2.38. The molecule has 2 fully saturated rings. The first kappa shape index (κ1) is 42.8. The Kier molecular flexibility index (Phi) is 40.4. The summed E-state index contributed by atoms with van der Waals surface area (Å²) in [5, 5.41) is 9.41. The zero-order chi connectivity index (χ0) is 9.26. The first-order valence-corrected chi connectivity index (χ1v) is 4.34.